The summed E-state index contributed by atoms with van der Waals surface area (Å²) in [6.45, 7) is 3.62. The molecule has 5 nitrogen and oxygen atoms in total. The molecule has 1 aromatic carbocycles. The predicted molar refractivity (Wildman–Crippen MR) is 104 cm³/mol. The lowest BCUT2D eigenvalue weighted by molar-refractivity contribution is 0.0593. The van der Waals surface area contributed by atoms with E-state index in [-0.39, 0.29) is 39.9 Å². The summed E-state index contributed by atoms with van der Waals surface area (Å²) in [6.07, 6.45) is 8.14. The largest absolute Gasteiger partial charge is 0.464 e. The third kappa shape index (κ3) is 3.48. The minimum absolute atomic E-state index is 0.0121. The molecule has 1 heterocycles. The fourth-order valence-corrected chi connectivity index (χ4v) is 3.12. The Morgan fingerprint density at radius 2 is 2.19 bits per heavy atom. The average Bonchev–Trinajstić information content (AvgIpc) is 2.67. The number of aromatic nitrogens is 2. The summed E-state index contributed by atoms with van der Waals surface area (Å²) in [5.41, 5.74) is 5.24. The summed E-state index contributed by atoms with van der Waals surface area (Å²) in [7, 11) is 1.24. The molecule has 138 valence electrons. The number of methoxy groups -OCH3 is 1. The standard InChI is InChI=1S/C20H17ClFN3O2/c1-3-13-16(19(26)27-2)24-18(25-17(13)23)12-7-8-15(21)14(11-12)20(22)9-5-4-6-10-20/h3-9,11H,1,10H2,2H3,(H2,23,24,25). The number of benzene rings is 1. The van der Waals surface area contributed by atoms with Crippen LogP contribution in [0.25, 0.3) is 17.5 Å². The number of halogens is 2. The van der Waals surface area contributed by atoms with Crippen molar-refractivity contribution in [3.05, 3.63) is 70.9 Å². The number of carbonyl (C=O) groups excluding carboxylic acids is 1. The van der Waals surface area contributed by atoms with Crippen molar-refractivity contribution in [1.82, 2.24) is 9.97 Å². The Balaban J connectivity index is 2.15. The first kappa shape index (κ1) is 18.8. The van der Waals surface area contributed by atoms with Crippen molar-refractivity contribution in [3.8, 4) is 11.4 Å². The Morgan fingerprint density at radius 1 is 1.41 bits per heavy atom. The van der Waals surface area contributed by atoms with Crippen LogP contribution in [-0.4, -0.2) is 23.0 Å². The van der Waals surface area contributed by atoms with Crippen LogP contribution in [-0.2, 0) is 10.4 Å². The van der Waals surface area contributed by atoms with Crippen molar-refractivity contribution >= 4 is 29.5 Å². The fourth-order valence-electron chi connectivity index (χ4n) is 2.85. The molecule has 0 fully saturated rings. The van der Waals surface area contributed by atoms with Crippen LogP contribution in [0.3, 0.4) is 0 Å². The van der Waals surface area contributed by atoms with E-state index >= 15 is 4.39 Å². The monoisotopic (exact) mass is 385 g/mol. The van der Waals surface area contributed by atoms with Gasteiger partial charge >= 0.3 is 5.97 Å². The van der Waals surface area contributed by atoms with Crippen LogP contribution in [0, 0.1) is 0 Å². The van der Waals surface area contributed by atoms with Crippen LogP contribution >= 0.6 is 11.6 Å². The molecule has 0 spiro atoms. The van der Waals surface area contributed by atoms with E-state index in [0.717, 1.165) is 0 Å². The van der Waals surface area contributed by atoms with Gasteiger partial charge in [0.15, 0.2) is 17.2 Å². The van der Waals surface area contributed by atoms with E-state index in [4.69, 9.17) is 22.1 Å². The number of nitrogens with zero attached hydrogens (tertiary/aromatic N) is 2. The van der Waals surface area contributed by atoms with Crippen molar-refractivity contribution in [2.75, 3.05) is 12.8 Å². The molecule has 0 aliphatic heterocycles. The number of hydrogen-bond acceptors (Lipinski definition) is 5. The topological polar surface area (TPSA) is 78.1 Å². The fraction of sp³-hybridized carbons (Fsp3) is 0.150. The molecule has 1 aliphatic carbocycles. The zero-order chi connectivity index (χ0) is 19.6. The second-order valence-corrected chi connectivity index (χ2v) is 6.35. The lowest BCUT2D eigenvalue weighted by Crippen LogP contribution is -2.18. The molecule has 0 saturated heterocycles. The van der Waals surface area contributed by atoms with Gasteiger partial charge < -0.3 is 10.5 Å². The molecule has 1 aliphatic rings. The Bertz CT molecular complexity index is 987. The molecule has 0 bridgehead atoms. The first-order valence-electron chi connectivity index (χ1n) is 8.11. The molecule has 1 unspecified atom stereocenters. The average molecular weight is 386 g/mol. The zero-order valence-corrected chi connectivity index (χ0v) is 15.3. The smallest absolute Gasteiger partial charge is 0.357 e. The number of esters is 1. The van der Waals surface area contributed by atoms with E-state index in [1.54, 1.807) is 36.4 Å². The van der Waals surface area contributed by atoms with Crippen LogP contribution in [0.2, 0.25) is 5.02 Å². The van der Waals surface area contributed by atoms with E-state index in [0.29, 0.717) is 5.56 Å². The number of rotatable bonds is 4. The highest BCUT2D eigenvalue weighted by Gasteiger charge is 2.31. The molecule has 2 aromatic rings. The summed E-state index contributed by atoms with van der Waals surface area (Å²) < 4.78 is 20.1. The lowest BCUT2D eigenvalue weighted by Gasteiger charge is -2.24. The van der Waals surface area contributed by atoms with Gasteiger partial charge in [0.1, 0.15) is 5.82 Å². The number of hydrogen-bond donors (Lipinski definition) is 1. The van der Waals surface area contributed by atoms with E-state index in [1.165, 1.54) is 19.3 Å². The van der Waals surface area contributed by atoms with Gasteiger partial charge in [-0.1, -0.05) is 42.5 Å². The molecular formula is C20H17ClFN3O2. The maximum Gasteiger partial charge on any atom is 0.357 e. The summed E-state index contributed by atoms with van der Waals surface area (Å²) in [6, 6.07) is 4.77. The van der Waals surface area contributed by atoms with Crippen LogP contribution in [0.15, 0.2) is 49.1 Å². The van der Waals surface area contributed by atoms with E-state index < -0.39 is 11.6 Å². The highest BCUT2D eigenvalue weighted by molar-refractivity contribution is 6.31. The van der Waals surface area contributed by atoms with Crippen molar-refractivity contribution in [2.24, 2.45) is 0 Å². The van der Waals surface area contributed by atoms with Gasteiger partial charge in [-0.3, -0.25) is 0 Å². The highest BCUT2D eigenvalue weighted by Crippen LogP contribution is 2.40. The Morgan fingerprint density at radius 3 is 2.81 bits per heavy atom. The Kier molecular flexibility index (Phi) is 5.10. The normalized spacial score (nSPS) is 18.3. The molecule has 0 radical (unpaired) electrons. The van der Waals surface area contributed by atoms with Crippen molar-refractivity contribution < 1.29 is 13.9 Å². The number of alkyl halides is 1. The molecule has 0 saturated carbocycles. The molecule has 1 aromatic heterocycles. The number of carbonyl (C=O) groups is 1. The van der Waals surface area contributed by atoms with Gasteiger partial charge in [0.25, 0.3) is 0 Å². The van der Waals surface area contributed by atoms with Crippen molar-refractivity contribution in [1.29, 1.82) is 0 Å². The molecular weight excluding hydrogens is 369 g/mol. The maximum absolute atomic E-state index is 15.3. The first-order chi connectivity index (χ1) is 12.9. The van der Waals surface area contributed by atoms with E-state index in [1.807, 2.05) is 0 Å². The summed E-state index contributed by atoms with van der Waals surface area (Å²) in [5, 5.41) is 0.282. The minimum atomic E-state index is -1.74. The molecule has 1 atom stereocenters. The molecule has 0 amide bonds. The van der Waals surface area contributed by atoms with Crippen LogP contribution in [0.4, 0.5) is 10.2 Å². The second kappa shape index (κ2) is 7.32. The van der Waals surface area contributed by atoms with Crippen LogP contribution in [0.5, 0.6) is 0 Å². The minimum Gasteiger partial charge on any atom is -0.464 e. The lowest BCUT2D eigenvalue weighted by atomic mass is 9.88. The first-order valence-corrected chi connectivity index (χ1v) is 8.49. The molecule has 7 heteroatoms. The predicted octanol–water partition coefficient (Wildman–Crippen LogP) is 4.49. The number of nitrogens with two attached hydrogens (primary N) is 1. The Hall–Kier alpha value is -2.99. The number of nitrogen functional groups attached to an aromatic ring is 1. The number of allylic oxidation sites excluding steroid dienone is 4. The van der Waals surface area contributed by atoms with Gasteiger partial charge in [0, 0.05) is 28.1 Å². The molecule has 2 N–H and O–H groups in total. The number of ether oxygens (including phenoxy) is 1. The second-order valence-electron chi connectivity index (χ2n) is 5.94. The van der Waals surface area contributed by atoms with Crippen LogP contribution < -0.4 is 5.73 Å². The van der Waals surface area contributed by atoms with E-state index in [9.17, 15) is 4.79 Å². The SMILES string of the molecule is C=Cc1c(N)nc(-c2ccc(Cl)c(C3(F)C=CC=CC3)c2)nc1C(=O)OC. The van der Waals surface area contributed by atoms with Crippen molar-refractivity contribution in [2.45, 2.75) is 12.1 Å². The van der Waals surface area contributed by atoms with Gasteiger partial charge in [0.2, 0.25) is 0 Å². The highest BCUT2D eigenvalue weighted by atomic mass is 35.5. The Labute approximate surface area is 161 Å². The zero-order valence-electron chi connectivity index (χ0n) is 14.6. The van der Waals surface area contributed by atoms with Gasteiger partial charge in [-0.25, -0.2) is 19.2 Å². The van der Waals surface area contributed by atoms with Crippen LogP contribution in [0.1, 0.15) is 28.0 Å². The van der Waals surface area contributed by atoms with Crippen molar-refractivity contribution in [3.63, 3.8) is 0 Å². The van der Waals surface area contributed by atoms with Gasteiger partial charge in [0.05, 0.1) is 7.11 Å². The van der Waals surface area contributed by atoms with Gasteiger partial charge in [-0.15, -0.1) is 0 Å². The maximum atomic E-state index is 15.3. The third-order valence-corrected chi connectivity index (χ3v) is 4.58. The summed E-state index contributed by atoms with van der Waals surface area (Å²) >= 11 is 6.24. The quantitative estimate of drug-likeness (QED) is 0.784. The van der Waals surface area contributed by atoms with Gasteiger partial charge in [-0.2, -0.15) is 0 Å². The number of anilines is 1. The van der Waals surface area contributed by atoms with E-state index in [2.05, 4.69) is 16.5 Å². The van der Waals surface area contributed by atoms with Gasteiger partial charge in [-0.05, 0) is 24.3 Å². The third-order valence-electron chi connectivity index (χ3n) is 4.25. The molecule has 27 heavy (non-hydrogen) atoms. The molecule has 3 rings (SSSR count). The summed E-state index contributed by atoms with van der Waals surface area (Å²) in [4.78, 5) is 20.5. The summed E-state index contributed by atoms with van der Waals surface area (Å²) in [5.74, 6) is -0.436.